The number of hydrogen-bond donors (Lipinski definition) is 0. The monoisotopic (exact) mass is 752 g/mol. The summed E-state index contributed by atoms with van der Waals surface area (Å²) in [6.07, 6.45) is 0. The summed E-state index contributed by atoms with van der Waals surface area (Å²) < 4.78 is 8.83. The maximum atomic E-state index is 6.39. The predicted octanol–water partition coefficient (Wildman–Crippen LogP) is 15.8. The van der Waals surface area contributed by atoms with Crippen LogP contribution >= 0.6 is 0 Å². The van der Waals surface area contributed by atoms with Crippen LogP contribution in [0.5, 0.6) is 0 Å². The highest BCUT2D eigenvalue weighted by molar-refractivity contribution is 6.25. The van der Waals surface area contributed by atoms with Gasteiger partial charge in [0.1, 0.15) is 11.2 Å². The maximum Gasteiger partial charge on any atom is 0.136 e. The molecule has 10 aromatic carbocycles. The van der Waals surface area contributed by atoms with Gasteiger partial charge in [-0.25, -0.2) is 0 Å². The van der Waals surface area contributed by atoms with E-state index in [1.165, 1.54) is 38.1 Å². The van der Waals surface area contributed by atoms with Crippen LogP contribution in [0.15, 0.2) is 223 Å². The number of hydrogen-bond acceptors (Lipinski definition) is 2. The number of furan rings is 1. The van der Waals surface area contributed by atoms with Crippen LogP contribution in [0, 0.1) is 0 Å². The second-order valence-corrected chi connectivity index (χ2v) is 15.3. The van der Waals surface area contributed by atoms with E-state index in [9.17, 15) is 0 Å². The molecule has 2 aromatic heterocycles. The highest BCUT2D eigenvalue weighted by Gasteiger charge is 2.22. The van der Waals surface area contributed by atoms with Crippen molar-refractivity contribution < 1.29 is 4.42 Å². The minimum absolute atomic E-state index is 0.904. The molecule has 12 aromatic rings. The fourth-order valence-corrected chi connectivity index (χ4v) is 9.26. The molecule has 0 saturated heterocycles. The Morgan fingerprint density at radius 1 is 0.356 bits per heavy atom. The van der Waals surface area contributed by atoms with E-state index in [0.717, 1.165) is 72.2 Å². The molecule has 3 heteroatoms. The van der Waals surface area contributed by atoms with Crippen LogP contribution < -0.4 is 4.90 Å². The van der Waals surface area contributed by atoms with Gasteiger partial charge in [-0.2, -0.15) is 0 Å². The standard InChI is InChI=1S/C56H36N2O/c1-3-15-37(16-4-1)39-19-13-22-43(33-39)58-52-31-29-40(34-49(52)56-47-36-48-46-25-10-12-28-54(46)59-55(48)35-41(47)30-32-53(56)58)45-24-9-11-26-50(45)57(42-20-5-2-6-21-42)51-27-14-18-38-17-7-8-23-44(38)51/h1-36H. The lowest BCUT2D eigenvalue weighted by molar-refractivity contribution is 0.669. The quantitative estimate of drug-likeness (QED) is 0.169. The van der Waals surface area contributed by atoms with Crippen LogP contribution in [0.4, 0.5) is 17.1 Å². The molecule has 0 bridgehead atoms. The molecule has 0 radical (unpaired) electrons. The summed E-state index contributed by atoms with van der Waals surface area (Å²) >= 11 is 0. The Morgan fingerprint density at radius 2 is 1.05 bits per heavy atom. The third kappa shape index (κ3) is 5.36. The Bertz CT molecular complexity index is 3560. The number of aromatic nitrogens is 1. The topological polar surface area (TPSA) is 21.3 Å². The first kappa shape index (κ1) is 33.3. The summed E-state index contributed by atoms with van der Waals surface area (Å²) in [5, 5.41) is 9.45. The largest absolute Gasteiger partial charge is 0.456 e. The average Bonchev–Trinajstić information content (AvgIpc) is 3.84. The van der Waals surface area contributed by atoms with Crippen LogP contribution in [0.2, 0.25) is 0 Å². The van der Waals surface area contributed by atoms with Gasteiger partial charge in [0.15, 0.2) is 0 Å². The number of nitrogens with zero attached hydrogens (tertiary/aromatic N) is 2. The first-order valence-corrected chi connectivity index (χ1v) is 20.2. The first-order valence-electron chi connectivity index (χ1n) is 20.2. The summed E-state index contributed by atoms with van der Waals surface area (Å²) in [5.41, 5.74) is 13.3. The molecule has 0 spiro atoms. The fourth-order valence-electron chi connectivity index (χ4n) is 9.26. The number of fused-ring (bicyclic) bond motifs is 9. The van der Waals surface area contributed by atoms with Gasteiger partial charge >= 0.3 is 0 Å². The fraction of sp³-hybridized carbons (Fsp3) is 0. The van der Waals surface area contributed by atoms with Crippen molar-refractivity contribution in [3.05, 3.63) is 218 Å². The Morgan fingerprint density at radius 3 is 1.95 bits per heavy atom. The molecule has 0 N–H and O–H groups in total. The number of benzene rings is 10. The van der Waals surface area contributed by atoms with Gasteiger partial charge in [-0.3, -0.25) is 0 Å². The van der Waals surface area contributed by atoms with Gasteiger partial charge in [0.05, 0.1) is 22.4 Å². The lowest BCUT2D eigenvalue weighted by Crippen LogP contribution is -2.11. The number of para-hydroxylation sites is 3. The second-order valence-electron chi connectivity index (χ2n) is 15.3. The maximum absolute atomic E-state index is 6.39. The van der Waals surface area contributed by atoms with Gasteiger partial charge < -0.3 is 13.9 Å². The SMILES string of the molecule is c1ccc(-c2cccc(-n3c4ccc(-c5ccccc5N(c5ccccc5)c5cccc6ccccc56)cc4c4c5cc6c(cc5ccc43)oc3ccccc36)c2)cc1. The van der Waals surface area contributed by atoms with Crippen molar-refractivity contribution >= 4 is 82.4 Å². The minimum atomic E-state index is 0.904. The third-order valence-electron chi connectivity index (χ3n) is 11.9. The molecule has 276 valence electrons. The molecule has 0 amide bonds. The van der Waals surface area contributed by atoms with Crippen molar-refractivity contribution in [3.8, 4) is 27.9 Å². The lowest BCUT2D eigenvalue weighted by atomic mass is 9.97. The summed E-state index contributed by atoms with van der Waals surface area (Å²) in [4.78, 5) is 2.41. The van der Waals surface area contributed by atoms with E-state index in [1.54, 1.807) is 0 Å². The van der Waals surface area contributed by atoms with E-state index >= 15 is 0 Å². The molecule has 0 atom stereocenters. The van der Waals surface area contributed by atoms with E-state index in [1.807, 2.05) is 6.07 Å². The van der Waals surface area contributed by atoms with Crippen LogP contribution in [0.3, 0.4) is 0 Å². The van der Waals surface area contributed by atoms with Crippen molar-refractivity contribution in [2.24, 2.45) is 0 Å². The van der Waals surface area contributed by atoms with E-state index in [0.29, 0.717) is 0 Å². The summed E-state index contributed by atoms with van der Waals surface area (Å²) in [7, 11) is 0. The number of anilines is 3. The van der Waals surface area contributed by atoms with Crippen LogP contribution in [0.1, 0.15) is 0 Å². The average molecular weight is 753 g/mol. The molecule has 0 fully saturated rings. The van der Waals surface area contributed by atoms with Crippen LogP contribution in [-0.2, 0) is 0 Å². The van der Waals surface area contributed by atoms with Gasteiger partial charge in [-0.1, -0.05) is 146 Å². The molecular formula is C56H36N2O. The Balaban J connectivity index is 1.14. The van der Waals surface area contributed by atoms with Crippen LogP contribution in [0.25, 0.3) is 93.2 Å². The van der Waals surface area contributed by atoms with Gasteiger partial charge in [0, 0.05) is 43.9 Å². The van der Waals surface area contributed by atoms with Crippen molar-refractivity contribution in [2.45, 2.75) is 0 Å². The lowest BCUT2D eigenvalue weighted by Gasteiger charge is -2.29. The molecule has 0 aliphatic heterocycles. The van der Waals surface area contributed by atoms with E-state index < -0.39 is 0 Å². The van der Waals surface area contributed by atoms with E-state index in [4.69, 9.17) is 4.42 Å². The van der Waals surface area contributed by atoms with Crippen molar-refractivity contribution in [1.29, 1.82) is 0 Å². The van der Waals surface area contributed by atoms with Crippen molar-refractivity contribution in [3.63, 3.8) is 0 Å². The van der Waals surface area contributed by atoms with Gasteiger partial charge in [-0.05, 0) is 106 Å². The highest BCUT2D eigenvalue weighted by atomic mass is 16.3. The molecular weight excluding hydrogens is 717 g/mol. The molecule has 3 nitrogen and oxygen atoms in total. The zero-order valence-corrected chi connectivity index (χ0v) is 32.1. The highest BCUT2D eigenvalue weighted by Crippen LogP contribution is 2.46. The summed E-state index contributed by atoms with van der Waals surface area (Å²) in [6.45, 7) is 0. The third-order valence-corrected chi connectivity index (χ3v) is 11.9. The van der Waals surface area contributed by atoms with Gasteiger partial charge in [0.25, 0.3) is 0 Å². The molecule has 0 aliphatic rings. The minimum Gasteiger partial charge on any atom is -0.456 e. The Hall–Kier alpha value is -7.88. The Labute approximate surface area is 341 Å². The smallest absolute Gasteiger partial charge is 0.136 e. The summed E-state index contributed by atoms with van der Waals surface area (Å²) in [6, 6.07) is 78.8. The molecule has 59 heavy (non-hydrogen) atoms. The van der Waals surface area contributed by atoms with E-state index in [-0.39, 0.29) is 0 Å². The molecule has 0 saturated carbocycles. The Kier molecular flexibility index (Phi) is 7.54. The molecule has 2 heterocycles. The van der Waals surface area contributed by atoms with Crippen LogP contribution in [-0.4, -0.2) is 4.57 Å². The van der Waals surface area contributed by atoms with Crippen molar-refractivity contribution in [1.82, 2.24) is 4.57 Å². The zero-order chi connectivity index (χ0) is 38.9. The number of rotatable bonds is 6. The zero-order valence-electron chi connectivity index (χ0n) is 32.1. The van der Waals surface area contributed by atoms with Gasteiger partial charge in [-0.15, -0.1) is 0 Å². The van der Waals surface area contributed by atoms with E-state index in [2.05, 4.69) is 222 Å². The molecule has 0 unspecified atom stereocenters. The van der Waals surface area contributed by atoms with Gasteiger partial charge in [0.2, 0.25) is 0 Å². The predicted molar refractivity (Wildman–Crippen MR) is 249 cm³/mol. The van der Waals surface area contributed by atoms with Crippen molar-refractivity contribution in [2.75, 3.05) is 4.90 Å². The second kappa shape index (κ2) is 13.4. The molecule has 12 rings (SSSR count). The summed E-state index contributed by atoms with van der Waals surface area (Å²) in [5.74, 6) is 0. The first-order chi connectivity index (χ1) is 29.3. The normalized spacial score (nSPS) is 11.7. The molecule has 0 aliphatic carbocycles.